The third-order valence-electron chi connectivity index (χ3n) is 5.32. The summed E-state index contributed by atoms with van der Waals surface area (Å²) in [6.45, 7) is 3.47. The van der Waals surface area contributed by atoms with Gasteiger partial charge in [0.15, 0.2) is 0 Å². The molecule has 4 rings (SSSR count). The zero-order valence-corrected chi connectivity index (χ0v) is 16.7. The fraction of sp³-hybridized carbons (Fsp3) is 0.429. The Morgan fingerprint density at radius 1 is 1.28 bits per heavy atom. The van der Waals surface area contributed by atoms with E-state index in [-0.39, 0.29) is 11.8 Å². The Morgan fingerprint density at radius 2 is 2.07 bits per heavy atom. The summed E-state index contributed by atoms with van der Waals surface area (Å²) in [4.78, 5) is 23.5. The van der Waals surface area contributed by atoms with Gasteiger partial charge in [0.25, 0.3) is 0 Å². The average molecular weight is 396 g/mol. The van der Waals surface area contributed by atoms with E-state index in [1.165, 1.54) is 0 Å². The second-order valence-corrected chi connectivity index (χ2v) is 7.71. The van der Waals surface area contributed by atoms with Crippen molar-refractivity contribution in [2.45, 2.75) is 25.9 Å². The molecule has 8 heteroatoms. The number of alkyl halides is 1. The third-order valence-corrected chi connectivity index (χ3v) is 5.32. The molecular weight excluding hydrogens is 371 g/mol. The monoisotopic (exact) mass is 396 g/mol. The Bertz CT molecular complexity index is 1010. The fourth-order valence-electron chi connectivity index (χ4n) is 3.78. The SMILES string of the molecule is C[C@H](F)CN1CCC(C(=O)Nc2ncc3ccc(-c4cnn(C)c4)cc3n2)CC1. The summed E-state index contributed by atoms with van der Waals surface area (Å²) in [5, 5.41) is 7.96. The minimum atomic E-state index is -0.845. The number of aromatic nitrogens is 4. The quantitative estimate of drug-likeness (QED) is 0.717. The van der Waals surface area contributed by atoms with E-state index in [2.05, 4.69) is 25.3 Å². The van der Waals surface area contributed by atoms with Gasteiger partial charge in [0.05, 0.1) is 11.7 Å². The van der Waals surface area contributed by atoms with Crippen LogP contribution in [0.3, 0.4) is 0 Å². The highest BCUT2D eigenvalue weighted by atomic mass is 19.1. The van der Waals surface area contributed by atoms with Gasteiger partial charge in [0, 0.05) is 42.9 Å². The van der Waals surface area contributed by atoms with Gasteiger partial charge in [-0.2, -0.15) is 5.10 Å². The number of likely N-dealkylation sites (tertiary alicyclic amines) is 1. The average Bonchev–Trinajstić information content (AvgIpc) is 3.14. The van der Waals surface area contributed by atoms with Crippen molar-refractivity contribution < 1.29 is 9.18 Å². The number of nitrogens with zero attached hydrogens (tertiary/aromatic N) is 5. The van der Waals surface area contributed by atoms with Crippen LogP contribution in [-0.4, -0.2) is 56.4 Å². The molecule has 0 spiro atoms. The van der Waals surface area contributed by atoms with Crippen molar-refractivity contribution >= 4 is 22.8 Å². The summed E-state index contributed by atoms with van der Waals surface area (Å²) in [5.74, 6) is 0.147. The van der Waals surface area contributed by atoms with Crippen LogP contribution in [0, 0.1) is 5.92 Å². The first-order valence-electron chi connectivity index (χ1n) is 9.91. The molecule has 3 aromatic rings. The molecule has 7 nitrogen and oxygen atoms in total. The predicted octanol–water partition coefficient (Wildman–Crippen LogP) is 3.04. The number of amides is 1. The summed E-state index contributed by atoms with van der Waals surface area (Å²) >= 11 is 0. The van der Waals surface area contributed by atoms with E-state index < -0.39 is 6.17 Å². The van der Waals surface area contributed by atoms with Crippen molar-refractivity contribution in [2.24, 2.45) is 13.0 Å². The Morgan fingerprint density at radius 3 is 2.76 bits per heavy atom. The highest BCUT2D eigenvalue weighted by molar-refractivity contribution is 5.92. The van der Waals surface area contributed by atoms with Crippen molar-refractivity contribution in [1.82, 2.24) is 24.6 Å². The van der Waals surface area contributed by atoms with Gasteiger partial charge in [-0.3, -0.25) is 14.8 Å². The van der Waals surface area contributed by atoms with E-state index in [0.717, 1.165) is 48.0 Å². The maximum Gasteiger partial charge on any atom is 0.229 e. The molecule has 1 aliphatic rings. The molecule has 1 aromatic carbocycles. The number of fused-ring (bicyclic) bond motifs is 1. The summed E-state index contributed by atoms with van der Waals surface area (Å²) in [5.41, 5.74) is 2.78. The number of aryl methyl sites for hydroxylation is 1. The minimum absolute atomic E-state index is 0.0688. The van der Waals surface area contributed by atoms with Crippen molar-refractivity contribution in [2.75, 3.05) is 25.0 Å². The van der Waals surface area contributed by atoms with Crippen LogP contribution in [0.25, 0.3) is 22.0 Å². The molecule has 29 heavy (non-hydrogen) atoms. The molecule has 0 bridgehead atoms. The van der Waals surface area contributed by atoms with Crippen molar-refractivity contribution in [3.8, 4) is 11.1 Å². The van der Waals surface area contributed by atoms with Crippen LogP contribution in [0.5, 0.6) is 0 Å². The second-order valence-electron chi connectivity index (χ2n) is 7.71. The molecule has 1 saturated heterocycles. The molecule has 1 fully saturated rings. The van der Waals surface area contributed by atoms with Gasteiger partial charge in [0.1, 0.15) is 6.17 Å². The molecule has 1 aliphatic heterocycles. The number of hydrogen-bond donors (Lipinski definition) is 1. The van der Waals surface area contributed by atoms with Gasteiger partial charge >= 0.3 is 0 Å². The Balaban J connectivity index is 1.44. The zero-order valence-electron chi connectivity index (χ0n) is 16.7. The smallest absolute Gasteiger partial charge is 0.229 e. The Hall–Kier alpha value is -2.87. The van der Waals surface area contributed by atoms with Crippen LogP contribution in [0.1, 0.15) is 19.8 Å². The first-order chi connectivity index (χ1) is 14.0. The zero-order chi connectivity index (χ0) is 20.4. The van der Waals surface area contributed by atoms with E-state index in [9.17, 15) is 9.18 Å². The number of anilines is 1. The Kier molecular flexibility index (Phi) is 5.53. The summed E-state index contributed by atoms with van der Waals surface area (Å²) in [6.07, 6.45) is 6.07. The second kappa shape index (κ2) is 8.24. The summed E-state index contributed by atoms with van der Waals surface area (Å²) < 4.78 is 14.9. The van der Waals surface area contributed by atoms with Gasteiger partial charge < -0.3 is 4.90 Å². The normalized spacial score (nSPS) is 16.8. The molecular formula is C21H25FN6O. The first kappa shape index (κ1) is 19.4. The lowest BCUT2D eigenvalue weighted by Gasteiger charge is -2.31. The lowest BCUT2D eigenvalue weighted by Crippen LogP contribution is -2.40. The number of nitrogens with one attached hydrogen (secondary N) is 1. The van der Waals surface area contributed by atoms with Gasteiger partial charge in [-0.15, -0.1) is 0 Å². The molecule has 152 valence electrons. The molecule has 1 N–H and O–H groups in total. The van der Waals surface area contributed by atoms with Crippen LogP contribution in [0.2, 0.25) is 0 Å². The third kappa shape index (κ3) is 4.59. The van der Waals surface area contributed by atoms with Crippen LogP contribution in [-0.2, 0) is 11.8 Å². The van der Waals surface area contributed by atoms with Gasteiger partial charge in [-0.25, -0.2) is 14.4 Å². The maximum atomic E-state index is 13.2. The van der Waals surface area contributed by atoms with Gasteiger partial charge in [0.2, 0.25) is 11.9 Å². The van der Waals surface area contributed by atoms with Crippen molar-refractivity contribution in [3.63, 3.8) is 0 Å². The highest BCUT2D eigenvalue weighted by Gasteiger charge is 2.26. The summed E-state index contributed by atoms with van der Waals surface area (Å²) in [6, 6.07) is 5.94. The molecule has 1 atom stereocenters. The first-order valence-corrected chi connectivity index (χ1v) is 9.91. The van der Waals surface area contributed by atoms with Crippen molar-refractivity contribution in [3.05, 3.63) is 36.8 Å². The van der Waals surface area contributed by atoms with E-state index in [1.54, 1.807) is 24.0 Å². The molecule has 2 aromatic heterocycles. The standard InChI is InChI=1S/C21H25FN6O/c1-14(22)12-28-7-5-15(6-8-28)20(29)26-21-23-10-17-4-3-16(9-19(17)25-21)18-11-24-27(2)13-18/h3-4,9-11,13-15H,5-8,12H2,1-2H3,(H,23,25,26,29)/t14-/m0/s1. The molecule has 0 radical (unpaired) electrons. The van der Waals surface area contributed by atoms with Crippen LogP contribution in [0.4, 0.5) is 10.3 Å². The lowest BCUT2D eigenvalue weighted by atomic mass is 9.96. The molecule has 0 aliphatic carbocycles. The van der Waals surface area contributed by atoms with E-state index in [0.29, 0.717) is 12.5 Å². The lowest BCUT2D eigenvalue weighted by molar-refractivity contribution is -0.121. The number of hydrogen-bond acceptors (Lipinski definition) is 5. The fourth-order valence-corrected chi connectivity index (χ4v) is 3.78. The molecule has 0 unspecified atom stereocenters. The predicted molar refractivity (Wildman–Crippen MR) is 110 cm³/mol. The Labute approximate surface area is 168 Å². The molecule has 3 heterocycles. The molecule has 0 saturated carbocycles. The summed E-state index contributed by atoms with van der Waals surface area (Å²) in [7, 11) is 1.88. The number of carbonyl (C=O) groups excluding carboxylic acids is 1. The van der Waals surface area contributed by atoms with Crippen LogP contribution in [0.15, 0.2) is 36.8 Å². The van der Waals surface area contributed by atoms with Gasteiger partial charge in [-0.1, -0.05) is 12.1 Å². The number of benzene rings is 1. The number of halogens is 1. The van der Waals surface area contributed by atoms with E-state index in [1.807, 2.05) is 31.4 Å². The molecule has 1 amide bonds. The van der Waals surface area contributed by atoms with Crippen molar-refractivity contribution in [1.29, 1.82) is 0 Å². The number of rotatable bonds is 5. The van der Waals surface area contributed by atoms with E-state index in [4.69, 9.17) is 0 Å². The van der Waals surface area contributed by atoms with Crippen LogP contribution < -0.4 is 5.32 Å². The van der Waals surface area contributed by atoms with E-state index >= 15 is 0 Å². The number of carbonyl (C=O) groups is 1. The largest absolute Gasteiger partial charge is 0.300 e. The number of piperidine rings is 1. The minimum Gasteiger partial charge on any atom is -0.300 e. The topological polar surface area (TPSA) is 75.9 Å². The van der Waals surface area contributed by atoms with Crippen LogP contribution >= 0.6 is 0 Å². The van der Waals surface area contributed by atoms with Gasteiger partial charge in [-0.05, 0) is 44.5 Å². The highest BCUT2D eigenvalue weighted by Crippen LogP contribution is 2.24. The maximum absolute atomic E-state index is 13.2.